The maximum absolute atomic E-state index is 12.6. The molecule has 0 bridgehead atoms. The molecule has 30 heavy (non-hydrogen) atoms. The second-order valence-corrected chi connectivity index (χ2v) is 8.92. The fourth-order valence-electron chi connectivity index (χ4n) is 2.84. The van der Waals surface area contributed by atoms with Gasteiger partial charge in [-0.3, -0.25) is 9.52 Å². The smallest absolute Gasteiger partial charge is 0.262 e. The number of carbonyl (C=O) groups excluding carboxylic acids is 1. The summed E-state index contributed by atoms with van der Waals surface area (Å²) in [5.74, 6) is 0.155. The van der Waals surface area contributed by atoms with Crippen molar-refractivity contribution in [2.24, 2.45) is 0 Å². The number of carbonyl (C=O) groups is 1. The van der Waals surface area contributed by atoms with E-state index in [0.29, 0.717) is 22.1 Å². The fourth-order valence-corrected chi connectivity index (χ4v) is 4.01. The normalized spacial score (nSPS) is 11.0. The van der Waals surface area contributed by atoms with Gasteiger partial charge in [-0.15, -0.1) is 0 Å². The van der Waals surface area contributed by atoms with Crippen LogP contribution in [-0.2, 0) is 14.8 Å². The highest BCUT2D eigenvalue weighted by Crippen LogP contribution is 2.20. The van der Waals surface area contributed by atoms with E-state index in [9.17, 15) is 13.2 Å². The van der Waals surface area contributed by atoms with Crippen LogP contribution in [0.1, 0.15) is 11.1 Å². The Labute approximate surface area is 180 Å². The first-order valence-corrected chi connectivity index (χ1v) is 11.0. The third kappa shape index (κ3) is 5.98. The molecule has 0 aliphatic carbocycles. The van der Waals surface area contributed by atoms with Gasteiger partial charge in [0.15, 0.2) is 6.61 Å². The Morgan fingerprint density at radius 2 is 1.50 bits per heavy atom. The summed E-state index contributed by atoms with van der Waals surface area (Å²) < 4.78 is 33.2. The predicted molar refractivity (Wildman–Crippen MR) is 119 cm³/mol. The van der Waals surface area contributed by atoms with Crippen molar-refractivity contribution in [1.29, 1.82) is 0 Å². The molecule has 6 nitrogen and oxygen atoms in total. The Bertz CT molecular complexity index is 1120. The molecule has 0 saturated heterocycles. The van der Waals surface area contributed by atoms with Crippen LogP contribution in [0.5, 0.6) is 5.75 Å². The van der Waals surface area contributed by atoms with E-state index < -0.39 is 10.0 Å². The molecule has 0 unspecified atom stereocenters. The minimum Gasteiger partial charge on any atom is -0.484 e. The minimum atomic E-state index is -3.74. The van der Waals surface area contributed by atoms with Crippen molar-refractivity contribution in [1.82, 2.24) is 0 Å². The van der Waals surface area contributed by atoms with Gasteiger partial charge in [0.1, 0.15) is 5.75 Å². The lowest BCUT2D eigenvalue weighted by molar-refractivity contribution is -0.118. The van der Waals surface area contributed by atoms with Crippen molar-refractivity contribution in [3.8, 4) is 5.75 Å². The number of amides is 1. The van der Waals surface area contributed by atoms with Gasteiger partial charge in [0.2, 0.25) is 0 Å². The first-order chi connectivity index (χ1) is 14.2. The van der Waals surface area contributed by atoms with Crippen LogP contribution in [0, 0.1) is 13.8 Å². The Balaban J connectivity index is 1.60. The topological polar surface area (TPSA) is 84.5 Å². The number of benzene rings is 3. The number of nitrogens with one attached hydrogen (secondary N) is 2. The molecule has 0 heterocycles. The van der Waals surface area contributed by atoms with Crippen LogP contribution in [0.2, 0.25) is 5.02 Å². The van der Waals surface area contributed by atoms with Gasteiger partial charge in [-0.2, -0.15) is 0 Å². The second kappa shape index (κ2) is 9.19. The Hall–Kier alpha value is -3.03. The first-order valence-electron chi connectivity index (χ1n) is 9.11. The van der Waals surface area contributed by atoms with E-state index >= 15 is 0 Å². The van der Waals surface area contributed by atoms with Crippen molar-refractivity contribution in [2.75, 3.05) is 16.6 Å². The number of hydrogen-bond acceptors (Lipinski definition) is 4. The summed E-state index contributed by atoms with van der Waals surface area (Å²) in [5.41, 5.74) is 2.90. The lowest BCUT2D eigenvalue weighted by Crippen LogP contribution is -2.20. The fraction of sp³-hybridized carbons (Fsp3) is 0.136. The number of ether oxygens (including phenoxy) is 1. The number of anilines is 2. The summed E-state index contributed by atoms with van der Waals surface area (Å²) in [7, 11) is -3.74. The molecule has 3 aromatic rings. The van der Waals surface area contributed by atoms with E-state index in [-0.39, 0.29) is 17.4 Å². The molecule has 3 aromatic carbocycles. The molecule has 156 valence electrons. The third-order valence-corrected chi connectivity index (χ3v) is 5.76. The zero-order valence-corrected chi connectivity index (χ0v) is 18.0. The maximum Gasteiger partial charge on any atom is 0.262 e. The number of rotatable bonds is 7. The molecular weight excluding hydrogens is 424 g/mol. The first kappa shape index (κ1) is 21.7. The molecule has 0 radical (unpaired) electrons. The van der Waals surface area contributed by atoms with Gasteiger partial charge < -0.3 is 10.1 Å². The lowest BCUT2D eigenvalue weighted by atomic mass is 10.1. The van der Waals surface area contributed by atoms with Crippen molar-refractivity contribution < 1.29 is 17.9 Å². The van der Waals surface area contributed by atoms with Gasteiger partial charge in [-0.25, -0.2) is 8.42 Å². The Morgan fingerprint density at radius 1 is 0.900 bits per heavy atom. The number of aryl methyl sites for hydroxylation is 2. The van der Waals surface area contributed by atoms with Gasteiger partial charge in [-0.1, -0.05) is 17.7 Å². The van der Waals surface area contributed by atoms with Crippen molar-refractivity contribution in [2.45, 2.75) is 18.7 Å². The van der Waals surface area contributed by atoms with E-state index in [4.69, 9.17) is 16.3 Å². The van der Waals surface area contributed by atoms with Gasteiger partial charge in [0.05, 0.1) is 4.90 Å². The molecule has 0 spiro atoms. The lowest BCUT2D eigenvalue weighted by Gasteiger charge is -2.11. The van der Waals surface area contributed by atoms with E-state index in [1.54, 1.807) is 36.4 Å². The predicted octanol–water partition coefficient (Wildman–Crippen LogP) is 4.78. The summed E-state index contributed by atoms with van der Waals surface area (Å²) >= 11 is 5.80. The standard InChI is InChI=1S/C22H21ClN2O4S/c1-15-11-16(2)13-19(12-15)25-30(27,28)21-9-5-18(6-10-21)24-22(26)14-29-20-7-3-17(23)4-8-20/h3-13,25H,14H2,1-2H3,(H,24,26). The minimum absolute atomic E-state index is 0.0945. The Morgan fingerprint density at radius 3 is 2.10 bits per heavy atom. The van der Waals surface area contributed by atoms with Crippen LogP contribution in [0.3, 0.4) is 0 Å². The summed E-state index contributed by atoms with van der Waals surface area (Å²) in [6.45, 7) is 3.62. The quantitative estimate of drug-likeness (QED) is 0.549. The van der Waals surface area contributed by atoms with Crippen LogP contribution < -0.4 is 14.8 Å². The van der Waals surface area contributed by atoms with E-state index in [0.717, 1.165) is 11.1 Å². The van der Waals surface area contributed by atoms with Crippen LogP contribution in [0.25, 0.3) is 0 Å². The maximum atomic E-state index is 12.6. The summed E-state index contributed by atoms with van der Waals surface area (Å²) in [4.78, 5) is 12.1. The highest BCUT2D eigenvalue weighted by atomic mass is 35.5. The average Bonchev–Trinajstić information content (AvgIpc) is 2.67. The summed E-state index contributed by atoms with van der Waals surface area (Å²) in [6, 6.07) is 18.1. The monoisotopic (exact) mass is 444 g/mol. The average molecular weight is 445 g/mol. The molecule has 2 N–H and O–H groups in total. The Kier molecular flexibility index (Phi) is 6.64. The number of sulfonamides is 1. The van der Waals surface area contributed by atoms with Crippen LogP contribution in [0.15, 0.2) is 71.6 Å². The SMILES string of the molecule is Cc1cc(C)cc(NS(=O)(=O)c2ccc(NC(=O)COc3ccc(Cl)cc3)cc2)c1. The molecule has 0 aliphatic heterocycles. The van der Waals surface area contributed by atoms with Gasteiger partial charge in [0, 0.05) is 16.4 Å². The molecule has 0 saturated carbocycles. The van der Waals surface area contributed by atoms with Gasteiger partial charge in [-0.05, 0) is 85.6 Å². The zero-order chi connectivity index (χ0) is 21.7. The zero-order valence-electron chi connectivity index (χ0n) is 16.5. The van der Waals surface area contributed by atoms with Gasteiger partial charge >= 0.3 is 0 Å². The highest BCUT2D eigenvalue weighted by molar-refractivity contribution is 7.92. The number of halogens is 1. The highest BCUT2D eigenvalue weighted by Gasteiger charge is 2.15. The second-order valence-electron chi connectivity index (χ2n) is 6.80. The van der Waals surface area contributed by atoms with Gasteiger partial charge in [0.25, 0.3) is 15.9 Å². The molecule has 0 fully saturated rings. The third-order valence-electron chi connectivity index (χ3n) is 4.11. The van der Waals surface area contributed by atoms with E-state index in [2.05, 4.69) is 10.0 Å². The largest absolute Gasteiger partial charge is 0.484 e. The molecular formula is C22H21ClN2O4S. The van der Waals surface area contributed by atoms with E-state index in [1.807, 2.05) is 19.9 Å². The van der Waals surface area contributed by atoms with Crippen molar-refractivity contribution in [3.63, 3.8) is 0 Å². The van der Waals surface area contributed by atoms with Crippen LogP contribution in [0.4, 0.5) is 11.4 Å². The van der Waals surface area contributed by atoms with E-state index in [1.165, 1.54) is 24.3 Å². The molecule has 8 heteroatoms. The van der Waals surface area contributed by atoms with Crippen LogP contribution in [-0.4, -0.2) is 20.9 Å². The summed E-state index contributed by atoms with van der Waals surface area (Å²) in [6.07, 6.45) is 0. The van der Waals surface area contributed by atoms with Crippen molar-refractivity contribution >= 4 is 38.9 Å². The van der Waals surface area contributed by atoms with Crippen LogP contribution >= 0.6 is 11.6 Å². The molecule has 0 aliphatic rings. The molecule has 0 aromatic heterocycles. The molecule has 0 atom stereocenters. The molecule has 1 amide bonds. The summed E-state index contributed by atoms with van der Waals surface area (Å²) in [5, 5.41) is 3.24. The molecule has 3 rings (SSSR count). The number of hydrogen-bond donors (Lipinski definition) is 2. The van der Waals surface area contributed by atoms with Crippen molar-refractivity contribution in [3.05, 3.63) is 82.9 Å².